The first-order valence-corrected chi connectivity index (χ1v) is 23.8. The quantitative estimate of drug-likeness (QED) is 0.0299. The molecule has 2 aromatic carbocycles. The average molecular weight is 880 g/mol. The van der Waals surface area contributed by atoms with Gasteiger partial charge in [-0.2, -0.15) is 10.2 Å². The Labute approximate surface area is 377 Å². The van der Waals surface area contributed by atoms with E-state index in [1.165, 1.54) is 155 Å². The highest BCUT2D eigenvalue weighted by molar-refractivity contribution is 5.68. The minimum atomic E-state index is -1.34. The van der Waals surface area contributed by atoms with E-state index in [0.29, 0.717) is 11.4 Å². The van der Waals surface area contributed by atoms with Gasteiger partial charge in [0.05, 0.1) is 11.4 Å². The molecule has 63 heavy (non-hydrogen) atoms. The van der Waals surface area contributed by atoms with Crippen LogP contribution in [0, 0.1) is 0 Å². The second kappa shape index (κ2) is 31.3. The number of rotatable bonds is 32. The molecule has 3 rings (SSSR count). The maximum atomic E-state index is 12.2. The number of carbonyl (C=O) groups is 4. The minimum Gasteiger partial charge on any atom is -0.463 e. The summed E-state index contributed by atoms with van der Waals surface area (Å²) >= 11 is 0. The molecule has 0 amide bonds. The number of nitrogens with zero attached hydrogens (tertiary/aromatic N) is 3. The van der Waals surface area contributed by atoms with Gasteiger partial charge in [0.15, 0.2) is 12.2 Å². The lowest BCUT2D eigenvalue weighted by atomic mass is 9.98. The van der Waals surface area contributed by atoms with E-state index in [1.54, 1.807) is 24.3 Å². The number of hydrogen-bond acceptors (Lipinski definition) is 13. The summed E-state index contributed by atoms with van der Waals surface area (Å²) in [6.45, 7) is 11.0. The summed E-state index contributed by atoms with van der Waals surface area (Å²) in [4.78, 5) is 50.6. The molecule has 352 valence electrons. The number of carbonyl (C=O) groups excluding carboxylic acids is 4. The van der Waals surface area contributed by atoms with Crippen molar-refractivity contribution in [2.24, 2.45) is 10.2 Å². The van der Waals surface area contributed by atoms with E-state index in [9.17, 15) is 19.2 Å². The SMILES string of the molecule is CCCCCCCCCCCCN(CCCCCCCCCCCC)c1ccc(N=Nc2ccc(O[C@H]3O[C@H](COC(C)=O)[C@@H](OC(C)=O)[C@H](OC(C)=O)[C@@H]3OC(C)=O)cc2)cc1. The predicted molar refractivity (Wildman–Crippen MR) is 246 cm³/mol. The standard InChI is InChI=1S/C50H77N3O10/c1-7-9-11-13-15-17-19-21-23-25-35-53(36-26-24-22-20-18-16-14-12-10-8-2)44-31-27-42(28-32-44)51-52-43-29-33-45(34-30-43)62-50-49(61-41(6)57)48(60-40(5)56)47(59-39(4)55)46(63-50)37-58-38(3)54/h27-34,46-50H,7-26,35-37H2,1-6H3/t46-,47-,48+,49+,50+/m1/s1. The third-order valence-corrected chi connectivity index (χ3v) is 11.1. The van der Waals surface area contributed by atoms with Crippen molar-refractivity contribution in [3.05, 3.63) is 48.5 Å². The highest BCUT2D eigenvalue weighted by Gasteiger charge is 2.53. The molecule has 13 nitrogen and oxygen atoms in total. The highest BCUT2D eigenvalue weighted by Crippen LogP contribution is 2.32. The molecule has 1 heterocycles. The number of esters is 4. The first-order valence-electron chi connectivity index (χ1n) is 23.8. The van der Waals surface area contributed by atoms with Crippen LogP contribution >= 0.6 is 0 Å². The third kappa shape index (κ3) is 22.1. The monoisotopic (exact) mass is 880 g/mol. The molecule has 1 fully saturated rings. The Morgan fingerprint density at radius 3 is 1.33 bits per heavy atom. The summed E-state index contributed by atoms with van der Waals surface area (Å²) in [5.41, 5.74) is 2.51. The van der Waals surface area contributed by atoms with Crippen molar-refractivity contribution in [2.75, 3.05) is 24.6 Å². The van der Waals surface area contributed by atoms with E-state index >= 15 is 0 Å². The molecular weight excluding hydrogens is 803 g/mol. The fourth-order valence-electron chi connectivity index (χ4n) is 7.80. The molecule has 0 spiro atoms. The fourth-order valence-corrected chi connectivity index (χ4v) is 7.80. The lowest BCUT2D eigenvalue weighted by molar-refractivity contribution is -0.288. The van der Waals surface area contributed by atoms with Crippen molar-refractivity contribution in [1.82, 2.24) is 0 Å². The number of benzene rings is 2. The normalized spacial score (nSPS) is 18.5. The Morgan fingerprint density at radius 1 is 0.508 bits per heavy atom. The second-order valence-corrected chi connectivity index (χ2v) is 16.7. The molecule has 2 aromatic rings. The first-order chi connectivity index (χ1) is 30.5. The van der Waals surface area contributed by atoms with Crippen LogP contribution in [0.1, 0.15) is 170 Å². The summed E-state index contributed by atoms with van der Waals surface area (Å²) in [7, 11) is 0. The van der Waals surface area contributed by atoms with Crippen LogP contribution < -0.4 is 9.64 Å². The fraction of sp³-hybridized carbons (Fsp3) is 0.680. The van der Waals surface area contributed by atoms with Crippen LogP contribution in [0.15, 0.2) is 58.8 Å². The van der Waals surface area contributed by atoms with Crippen molar-refractivity contribution in [3.63, 3.8) is 0 Å². The maximum Gasteiger partial charge on any atom is 0.303 e. The van der Waals surface area contributed by atoms with Gasteiger partial charge in [-0.15, -0.1) is 0 Å². The zero-order valence-electron chi connectivity index (χ0n) is 39.2. The molecule has 1 aliphatic rings. The Hall–Kier alpha value is -4.52. The van der Waals surface area contributed by atoms with Gasteiger partial charge in [-0.25, -0.2) is 0 Å². The van der Waals surface area contributed by atoms with Gasteiger partial charge < -0.3 is 33.3 Å². The maximum absolute atomic E-state index is 12.2. The summed E-state index contributed by atoms with van der Waals surface area (Å²) in [5, 5.41) is 8.93. The molecule has 0 saturated carbocycles. The topological polar surface area (TPSA) is 152 Å². The molecule has 0 aromatic heterocycles. The number of hydrogen-bond donors (Lipinski definition) is 0. The van der Waals surface area contributed by atoms with Gasteiger partial charge in [-0.05, 0) is 61.4 Å². The third-order valence-electron chi connectivity index (χ3n) is 11.1. The molecular formula is C50H77N3O10. The Balaban J connectivity index is 1.63. The highest BCUT2D eigenvalue weighted by atomic mass is 16.7. The first kappa shape index (κ1) is 52.8. The van der Waals surface area contributed by atoms with Gasteiger partial charge in [-0.3, -0.25) is 19.2 Å². The smallest absolute Gasteiger partial charge is 0.303 e. The van der Waals surface area contributed by atoms with Crippen LogP contribution in [0.25, 0.3) is 0 Å². The number of anilines is 1. The average Bonchev–Trinajstić information content (AvgIpc) is 3.25. The molecule has 0 bridgehead atoms. The van der Waals surface area contributed by atoms with Crippen LogP contribution in [-0.2, 0) is 42.9 Å². The van der Waals surface area contributed by atoms with Crippen LogP contribution in [0.2, 0.25) is 0 Å². The van der Waals surface area contributed by atoms with Gasteiger partial charge in [-0.1, -0.05) is 129 Å². The van der Waals surface area contributed by atoms with Gasteiger partial charge in [0.1, 0.15) is 18.5 Å². The van der Waals surface area contributed by atoms with Crippen molar-refractivity contribution in [3.8, 4) is 5.75 Å². The zero-order chi connectivity index (χ0) is 45.7. The Kier molecular flexibility index (Phi) is 26.3. The Morgan fingerprint density at radius 2 is 0.905 bits per heavy atom. The van der Waals surface area contributed by atoms with Crippen LogP contribution in [0.5, 0.6) is 5.75 Å². The number of ether oxygens (including phenoxy) is 6. The van der Waals surface area contributed by atoms with E-state index in [0.717, 1.165) is 25.7 Å². The van der Waals surface area contributed by atoms with Crippen LogP contribution in [0.3, 0.4) is 0 Å². The van der Waals surface area contributed by atoms with Crippen LogP contribution in [0.4, 0.5) is 17.1 Å². The van der Waals surface area contributed by atoms with Crippen molar-refractivity contribution < 1.29 is 47.6 Å². The van der Waals surface area contributed by atoms with Crippen LogP contribution in [-0.4, -0.2) is 74.3 Å². The lowest BCUT2D eigenvalue weighted by Crippen LogP contribution is -2.63. The van der Waals surface area contributed by atoms with Crippen molar-refractivity contribution in [1.29, 1.82) is 0 Å². The summed E-state index contributed by atoms with van der Waals surface area (Å²) in [6.07, 6.45) is 20.1. The van der Waals surface area contributed by atoms with E-state index in [-0.39, 0.29) is 6.61 Å². The van der Waals surface area contributed by atoms with E-state index < -0.39 is 54.6 Å². The molecule has 5 atom stereocenters. The van der Waals surface area contributed by atoms with Gasteiger partial charge in [0.25, 0.3) is 0 Å². The summed E-state index contributed by atoms with van der Waals surface area (Å²) in [6, 6.07) is 15.0. The second-order valence-electron chi connectivity index (χ2n) is 16.7. The Bertz CT molecular complexity index is 1590. The summed E-state index contributed by atoms with van der Waals surface area (Å²) in [5.74, 6) is -2.45. The molecule has 0 unspecified atom stereocenters. The van der Waals surface area contributed by atoms with E-state index in [2.05, 4.69) is 41.1 Å². The molecule has 1 aliphatic heterocycles. The molecule has 13 heteroatoms. The largest absolute Gasteiger partial charge is 0.463 e. The van der Waals surface area contributed by atoms with Gasteiger partial charge >= 0.3 is 23.9 Å². The summed E-state index contributed by atoms with van der Waals surface area (Å²) < 4.78 is 33.8. The minimum absolute atomic E-state index is 0.309. The molecule has 0 N–H and O–H groups in total. The van der Waals surface area contributed by atoms with E-state index in [1.807, 2.05) is 12.1 Å². The zero-order valence-corrected chi connectivity index (χ0v) is 39.2. The van der Waals surface area contributed by atoms with Gasteiger partial charge in [0, 0.05) is 46.5 Å². The number of unbranched alkanes of at least 4 members (excludes halogenated alkanes) is 18. The number of azo groups is 1. The molecule has 0 radical (unpaired) electrons. The van der Waals surface area contributed by atoms with E-state index in [4.69, 9.17) is 28.4 Å². The van der Waals surface area contributed by atoms with Crippen molar-refractivity contribution >= 4 is 40.9 Å². The predicted octanol–water partition coefficient (Wildman–Crippen LogP) is 12.2. The van der Waals surface area contributed by atoms with Gasteiger partial charge in [0.2, 0.25) is 12.4 Å². The lowest BCUT2D eigenvalue weighted by Gasteiger charge is -2.43. The molecule has 0 aliphatic carbocycles. The van der Waals surface area contributed by atoms with Crippen molar-refractivity contribution in [2.45, 2.75) is 201 Å². The molecule has 1 saturated heterocycles.